The van der Waals surface area contributed by atoms with Gasteiger partial charge in [-0.3, -0.25) is 0 Å². The molecule has 0 amide bonds. The molecular formula is C5H11NSn. The fourth-order valence-corrected chi connectivity index (χ4v) is 2.06. The molecule has 1 atom stereocenters. The van der Waals surface area contributed by atoms with E-state index in [1.165, 1.54) is 46.5 Å². The van der Waals surface area contributed by atoms with Crippen LogP contribution in [0.1, 0.15) is 6.42 Å². The average molecular weight is 204 g/mol. The predicted octanol–water partition coefficient (Wildman–Crippen LogP) is -0.0850. The molecule has 1 aliphatic rings. The van der Waals surface area contributed by atoms with Gasteiger partial charge >= 0.3 is 57.7 Å². The molecule has 1 saturated heterocycles. The summed E-state index contributed by atoms with van der Waals surface area (Å²) < 4.78 is 1.48. The normalized spacial score (nSPS) is 31.3. The summed E-state index contributed by atoms with van der Waals surface area (Å²) in [6, 6.07) is 0. The molecule has 1 unspecified atom stereocenters. The summed E-state index contributed by atoms with van der Waals surface area (Å²) in [6.45, 7) is 2.56. The van der Waals surface area contributed by atoms with Crippen LogP contribution in [-0.4, -0.2) is 35.6 Å². The second-order valence-corrected chi connectivity index (χ2v) is 3.44. The quantitative estimate of drug-likeness (QED) is 0.588. The molecule has 40 valence electrons. The maximum absolute atomic E-state index is 3.34. The van der Waals surface area contributed by atoms with E-state index in [9.17, 15) is 0 Å². The van der Waals surface area contributed by atoms with Crippen LogP contribution in [0.5, 0.6) is 0 Å². The van der Waals surface area contributed by atoms with E-state index in [1.54, 1.807) is 0 Å². The first kappa shape index (κ1) is 5.89. The molecule has 2 heteroatoms. The standard InChI is InChI=1S/C5H10N.Sn.H/c1-5-2-3-6-4-5;;/h5-6H,1-4H2;;. The first-order valence-electron chi connectivity index (χ1n) is 2.84. The van der Waals surface area contributed by atoms with E-state index in [1.807, 2.05) is 0 Å². The van der Waals surface area contributed by atoms with Gasteiger partial charge in [0, 0.05) is 0 Å². The third-order valence-electron chi connectivity index (χ3n) is 1.50. The van der Waals surface area contributed by atoms with Crippen molar-refractivity contribution in [3.8, 4) is 0 Å². The van der Waals surface area contributed by atoms with Crippen LogP contribution in [0.3, 0.4) is 0 Å². The topological polar surface area (TPSA) is 12.0 Å². The maximum atomic E-state index is 3.34. The zero-order valence-corrected chi connectivity index (χ0v) is 7.78. The Morgan fingerprint density at radius 1 is 1.71 bits per heavy atom. The zero-order chi connectivity index (χ0) is 5.11. The summed E-state index contributed by atoms with van der Waals surface area (Å²) in [5.74, 6) is 1.04. The summed E-state index contributed by atoms with van der Waals surface area (Å²) in [7, 11) is 0. The molecule has 0 spiro atoms. The summed E-state index contributed by atoms with van der Waals surface area (Å²) in [4.78, 5) is 0. The molecule has 0 aliphatic carbocycles. The SMILES string of the molecule is [SnH][CH2]C1CCNC1. The molecule has 0 aromatic heterocycles. The van der Waals surface area contributed by atoms with E-state index in [4.69, 9.17) is 0 Å². The molecule has 1 rings (SSSR count). The molecule has 1 N–H and O–H groups in total. The van der Waals surface area contributed by atoms with E-state index in [2.05, 4.69) is 5.32 Å². The van der Waals surface area contributed by atoms with Crippen molar-refractivity contribution < 1.29 is 0 Å². The summed E-state index contributed by atoms with van der Waals surface area (Å²) in [5.41, 5.74) is 0. The molecule has 1 aliphatic heterocycles. The van der Waals surface area contributed by atoms with Crippen molar-refractivity contribution in [2.45, 2.75) is 10.9 Å². The molecule has 0 bridgehead atoms. The van der Waals surface area contributed by atoms with Gasteiger partial charge in [0.05, 0.1) is 0 Å². The van der Waals surface area contributed by atoms with Gasteiger partial charge in [-0.05, 0) is 0 Å². The van der Waals surface area contributed by atoms with Crippen LogP contribution in [0.15, 0.2) is 0 Å². The number of hydrogen-bond acceptors (Lipinski definition) is 1. The van der Waals surface area contributed by atoms with Gasteiger partial charge in [-0.1, -0.05) is 0 Å². The Hall–Kier alpha value is 0.759. The summed E-state index contributed by atoms with van der Waals surface area (Å²) >= 11 is 1.45. The van der Waals surface area contributed by atoms with E-state index < -0.39 is 0 Å². The fourth-order valence-electron chi connectivity index (χ4n) is 0.916. The van der Waals surface area contributed by atoms with E-state index in [0.717, 1.165) is 5.92 Å². The Kier molecular flexibility index (Phi) is 2.46. The molecule has 0 aromatic carbocycles. The Morgan fingerprint density at radius 2 is 2.57 bits per heavy atom. The van der Waals surface area contributed by atoms with Gasteiger partial charge in [-0.2, -0.15) is 0 Å². The van der Waals surface area contributed by atoms with Gasteiger partial charge in [-0.15, -0.1) is 0 Å². The minimum absolute atomic E-state index is 1.04. The molecular weight excluding hydrogens is 193 g/mol. The second kappa shape index (κ2) is 2.92. The molecule has 0 aromatic rings. The Morgan fingerprint density at radius 3 is 2.86 bits per heavy atom. The zero-order valence-electron chi connectivity index (χ0n) is 4.48. The van der Waals surface area contributed by atoms with Crippen molar-refractivity contribution in [2.75, 3.05) is 13.1 Å². The van der Waals surface area contributed by atoms with Gasteiger partial charge in [0.15, 0.2) is 0 Å². The van der Waals surface area contributed by atoms with Crippen LogP contribution in [0.25, 0.3) is 0 Å². The third-order valence-corrected chi connectivity index (χ3v) is 3.40. The van der Waals surface area contributed by atoms with Crippen molar-refractivity contribution in [3.63, 3.8) is 0 Å². The first-order chi connectivity index (χ1) is 3.43. The number of rotatable bonds is 1. The average Bonchev–Trinajstić information content (AvgIpc) is 2.14. The molecule has 1 fully saturated rings. The summed E-state index contributed by atoms with van der Waals surface area (Å²) in [5, 5.41) is 3.34. The Balaban J connectivity index is 2.14. The minimum atomic E-state index is 1.04. The Labute approximate surface area is 58.0 Å². The molecule has 7 heavy (non-hydrogen) atoms. The van der Waals surface area contributed by atoms with Crippen LogP contribution < -0.4 is 5.32 Å². The van der Waals surface area contributed by atoms with E-state index >= 15 is 0 Å². The monoisotopic (exact) mass is 205 g/mol. The molecule has 1 nitrogen and oxygen atoms in total. The van der Waals surface area contributed by atoms with Crippen LogP contribution in [-0.2, 0) is 0 Å². The van der Waals surface area contributed by atoms with Crippen molar-refractivity contribution in [1.29, 1.82) is 0 Å². The van der Waals surface area contributed by atoms with Crippen LogP contribution >= 0.6 is 0 Å². The van der Waals surface area contributed by atoms with Gasteiger partial charge in [0.25, 0.3) is 0 Å². The second-order valence-electron chi connectivity index (χ2n) is 2.09. The van der Waals surface area contributed by atoms with Crippen LogP contribution in [0, 0.1) is 5.92 Å². The number of nitrogens with one attached hydrogen (secondary N) is 1. The Bertz CT molecular complexity index is 50.0. The van der Waals surface area contributed by atoms with Gasteiger partial charge < -0.3 is 0 Å². The van der Waals surface area contributed by atoms with Crippen molar-refractivity contribution in [2.24, 2.45) is 5.92 Å². The van der Waals surface area contributed by atoms with Crippen LogP contribution in [0.4, 0.5) is 0 Å². The van der Waals surface area contributed by atoms with Gasteiger partial charge in [-0.25, -0.2) is 0 Å². The summed E-state index contributed by atoms with van der Waals surface area (Å²) in [6.07, 6.45) is 1.43. The van der Waals surface area contributed by atoms with Crippen molar-refractivity contribution in [1.82, 2.24) is 5.32 Å². The van der Waals surface area contributed by atoms with E-state index in [-0.39, 0.29) is 0 Å². The van der Waals surface area contributed by atoms with E-state index in [0.29, 0.717) is 0 Å². The van der Waals surface area contributed by atoms with Gasteiger partial charge in [0.2, 0.25) is 0 Å². The predicted molar refractivity (Wildman–Crippen MR) is 32.9 cm³/mol. The fraction of sp³-hybridized carbons (Fsp3) is 1.00. The van der Waals surface area contributed by atoms with Crippen molar-refractivity contribution >= 4 is 22.5 Å². The molecule has 0 saturated carbocycles. The molecule has 2 radical (unpaired) electrons. The van der Waals surface area contributed by atoms with Crippen molar-refractivity contribution in [3.05, 3.63) is 0 Å². The van der Waals surface area contributed by atoms with Crippen LogP contribution in [0.2, 0.25) is 4.44 Å². The third kappa shape index (κ3) is 1.61. The van der Waals surface area contributed by atoms with Gasteiger partial charge in [0.1, 0.15) is 0 Å². The number of hydrogen-bond donors (Lipinski definition) is 1. The first-order valence-corrected chi connectivity index (χ1v) is 5.17. The molecule has 1 heterocycles.